The van der Waals surface area contributed by atoms with Crippen LogP contribution in [0.2, 0.25) is 0 Å². The third-order valence-corrected chi connectivity index (χ3v) is 6.17. The first-order valence-corrected chi connectivity index (χ1v) is 10.2. The van der Waals surface area contributed by atoms with Crippen LogP contribution in [0.4, 0.5) is 11.6 Å². The van der Waals surface area contributed by atoms with Gasteiger partial charge in [-0.25, -0.2) is 4.98 Å². The van der Waals surface area contributed by atoms with Gasteiger partial charge in [-0.1, -0.05) is 37.5 Å². The summed E-state index contributed by atoms with van der Waals surface area (Å²) in [7, 11) is 0. The van der Waals surface area contributed by atoms with Crippen molar-refractivity contribution in [2.24, 2.45) is 0 Å². The van der Waals surface area contributed by atoms with Crippen molar-refractivity contribution in [3.05, 3.63) is 50.9 Å². The molecule has 0 spiro atoms. The van der Waals surface area contributed by atoms with Crippen LogP contribution >= 0.6 is 0 Å². The summed E-state index contributed by atoms with van der Waals surface area (Å²) in [5.41, 5.74) is 5.44. The highest BCUT2D eigenvalue weighted by Gasteiger charge is 2.32. The lowest BCUT2D eigenvalue weighted by atomic mass is 10.1. The van der Waals surface area contributed by atoms with Crippen molar-refractivity contribution in [1.29, 1.82) is 0 Å². The van der Waals surface area contributed by atoms with E-state index in [0.717, 1.165) is 36.0 Å². The van der Waals surface area contributed by atoms with Crippen molar-refractivity contribution in [3.63, 3.8) is 0 Å². The molecule has 0 radical (unpaired) electrons. The van der Waals surface area contributed by atoms with E-state index in [1.807, 2.05) is 18.4 Å². The van der Waals surface area contributed by atoms with Gasteiger partial charge in [-0.05, 0) is 51.7 Å². The van der Waals surface area contributed by atoms with Gasteiger partial charge in [0.15, 0.2) is 0 Å². The molecule has 1 fully saturated rings. The molecule has 1 saturated carbocycles. The zero-order valence-electron chi connectivity index (χ0n) is 17.0. The normalized spacial score (nSPS) is 18.1. The van der Waals surface area contributed by atoms with Crippen molar-refractivity contribution in [2.75, 3.05) is 11.6 Å². The highest BCUT2D eigenvalue weighted by molar-refractivity contribution is 5.63. The molecule has 144 valence electrons. The molecule has 27 heavy (non-hydrogen) atoms. The molecule has 0 amide bonds. The van der Waals surface area contributed by atoms with E-state index >= 15 is 0 Å². The molecule has 1 aromatic heterocycles. The van der Waals surface area contributed by atoms with Crippen LogP contribution in [0.3, 0.4) is 0 Å². The number of hydrogen-bond acceptors (Lipinski definition) is 4. The maximum absolute atomic E-state index is 13.2. The number of rotatable bonds is 3. The zero-order valence-corrected chi connectivity index (χ0v) is 17.0. The van der Waals surface area contributed by atoms with Crippen LogP contribution in [0.1, 0.15) is 55.0 Å². The molecule has 0 atom stereocenters. The lowest BCUT2D eigenvalue weighted by Gasteiger charge is -2.41. The van der Waals surface area contributed by atoms with E-state index in [1.165, 1.54) is 36.8 Å². The van der Waals surface area contributed by atoms with Gasteiger partial charge >= 0.3 is 0 Å². The predicted molar refractivity (Wildman–Crippen MR) is 110 cm³/mol. The van der Waals surface area contributed by atoms with Crippen LogP contribution in [-0.2, 0) is 13.1 Å². The van der Waals surface area contributed by atoms with Crippen LogP contribution in [-0.4, -0.2) is 27.2 Å². The Morgan fingerprint density at radius 3 is 2.52 bits per heavy atom. The summed E-state index contributed by atoms with van der Waals surface area (Å²) in [5, 5.41) is 0. The molecule has 1 aliphatic carbocycles. The van der Waals surface area contributed by atoms with Gasteiger partial charge in [0, 0.05) is 23.0 Å². The molecule has 5 heteroatoms. The average Bonchev–Trinajstić information content (AvgIpc) is 3.16. The Morgan fingerprint density at radius 1 is 1.11 bits per heavy atom. The van der Waals surface area contributed by atoms with Crippen molar-refractivity contribution >= 4 is 11.6 Å². The second kappa shape index (κ2) is 7.12. The average molecular weight is 367 g/mol. The summed E-state index contributed by atoms with van der Waals surface area (Å²) in [4.78, 5) is 22.8. The summed E-state index contributed by atoms with van der Waals surface area (Å²) in [6.45, 7) is 9.72. The van der Waals surface area contributed by atoms with Gasteiger partial charge < -0.3 is 0 Å². The molecular weight excluding hydrogens is 336 g/mol. The van der Waals surface area contributed by atoms with Crippen molar-refractivity contribution in [2.45, 2.75) is 72.5 Å². The van der Waals surface area contributed by atoms with Crippen molar-refractivity contribution < 1.29 is 0 Å². The quantitative estimate of drug-likeness (QED) is 0.822. The topological polar surface area (TPSA) is 41.4 Å². The van der Waals surface area contributed by atoms with Gasteiger partial charge in [0.25, 0.3) is 5.56 Å². The Labute approximate surface area is 161 Å². The molecule has 1 aliphatic heterocycles. The van der Waals surface area contributed by atoms with E-state index in [2.05, 4.69) is 41.8 Å². The summed E-state index contributed by atoms with van der Waals surface area (Å²) < 4.78 is 1.90. The van der Waals surface area contributed by atoms with Crippen molar-refractivity contribution in [3.8, 4) is 0 Å². The molecule has 2 heterocycles. The van der Waals surface area contributed by atoms with Gasteiger partial charge in [0.1, 0.15) is 0 Å². The standard InChI is InChI=1S/C22H30N4O/c1-5-19-17(4)23-22-25(20-11-10-15(2)12-16(20)3)13-24(14-26(22)21(19)27)18-8-6-7-9-18/h10-12,18H,5-9,13-14H2,1-4H3. The van der Waals surface area contributed by atoms with Crippen LogP contribution in [0, 0.1) is 20.8 Å². The third kappa shape index (κ3) is 3.18. The minimum Gasteiger partial charge on any atom is -0.298 e. The predicted octanol–water partition coefficient (Wildman–Crippen LogP) is 4.04. The molecule has 2 aliphatic rings. The number of hydrogen-bond donors (Lipinski definition) is 0. The van der Waals surface area contributed by atoms with Crippen LogP contribution in [0.25, 0.3) is 0 Å². The number of aryl methyl sites for hydroxylation is 3. The van der Waals surface area contributed by atoms with Gasteiger partial charge in [0.2, 0.25) is 5.95 Å². The second-order valence-electron chi connectivity index (χ2n) is 8.09. The number of aromatic nitrogens is 2. The third-order valence-electron chi connectivity index (χ3n) is 6.17. The lowest BCUT2D eigenvalue weighted by Crippen LogP contribution is -2.51. The fraction of sp³-hybridized carbons (Fsp3) is 0.545. The smallest absolute Gasteiger partial charge is 0.259 e. The first-order chi connectivity index (χ1) is 13.0. The van der Waals surface area contributed by atoms with Gasteiger partial charge in [-0.15, -0.1) is 0 Å². The minimum atomic E-state index is 0.123. The molecule has 2 aromatic rings. The number of fused-ring (bicyclic) bond motifs is 1. The SMILES string of the molecule is CCc1c(C)nc2n(c1=O)CN(C1CCCC1)CN2c1ccc(C)cc1C. The van der Waals surface area contributed by atoms with Crippen LogP contribution in [0.15, 0.2) is 23.0 Å². The van der Waals surface area contributed by atoms with E-state index in [1.54, 1.807) is 0 Å². The van der Waals surface area contributed by atoms with Gasteiger partial charge in [0.05, 0.1) is 13.3 Å². The van der Waals surface area contributed by atoms with E-state index in [4.69, 9.17) is 4.98 Å². The fourth-order valence-electron chi connectivity index (χ4n) is 4.69. The Morgan fingerprint density at radius 2 is 1.85 bits per heavy atom. The molecule has 4 rings (SSSR count). The molecule has 0 N–H and O–H groups in total. The Kier molecular flexibility index (Phi) is 4.81. The van der Waals surface area contributed by atoms with E-state index in [9.17, 15) is 4.79 Å². The Bertz CT molecular complexity index is 911. The largest absolute Gasteiger partial charge is 0.298 e. The zero-order chi connectivity index (χ0) is 19.1. The molecule has 0 unspecified atom stereocenters. The van der Waals surface area contributed by atoms with Crippen LogP contribution < -0.4 is 10.5 Å². The maximum Gasteiger partial charge on any atom is 0.259 e. The first-order valence-electron chi connectivity index (χ1n) is 10.2. The van der Waals surface area contributed by atoms with Crippen LogP contribution in [0.5, 0.6) is 0 Å². The summed E-state index contributed by atoms with van der Waals surface area (Å²) >= 11 is 0. The van der Waals surface area contributed by atoms with E-state index in [-0.39, 0.29) is 5.56 Å². The fourth-order valence-corrected chi connectivity index (χ4v) is 4.69. The molecular formula is C22H30N4O. The Hall–Kier alpha value is -2.14. The summed E-state index contributed by atoms with van der Waals surface area (Å²) in [5.74, 6) is 0.788. The summed E-state index contributed by atoms with van der Waals surface area (Å²) in [6.07, 6.45) is 5.76. The van der Waals surface area contributed by atoms with E-state index < -0.39 is 0 Å². The lowest BCUT2D eigenvalue weighted by molar-refractivity contribution is 0.138. The summed E-state index contributed by atoms with van der Waals surface area (Å²) in [6, 6.07) is 7.08. The minimum absolute atomic E-state index is 0.123. The highest BCUT2D eigenvalue weighted by atomic mass is 16.1. The molecule has 0 saturated heterocycles. The molecule has 5 nitrogen and oxygen atoms in total. The number of benzene rings is 1. The second-order valence-corrected chi connectivity index (χ2v) is 8.09. The maximum atomic E-state index is 13.2. The van der Waals surface area contributed by atoms with Gasteiger partial charge in [-0.2, -0.15) is 0 Å². The number of anilines is 2. The van der Waals surface area contributed by atoms with Crippen molar-refractivity contribution in [1.82, 2.24) is 14.5 Å². The van der Waals surface area contributed by atoms with Gasteiger partial charge in [-0.3, -0.25) is 19.2 Å². The molecule has 1 aromatic carbocycles. The highest BCUT2D eigenvalue weighted by Crippen LogP contribution is 2.34. The molecule has 0 bridgehead atoms. The monoisotopic (exact) mass is 366 g/mol. The van der Waals surface area contributed by atoms with E-state index in [0.29, 0.717) is 12.7 Å². The first kappa shape index (κ1) is 18.2. The Balaban J connectivity index is 1.86. The number of nitrogens with zero attached hydrogens (tertiary/aromatic N) is 4.